The van der Waals surface area contributed by atoms with Gasteiger partial charge in [-0.15, -0.1) is 0 Å². The highest BCUT2D eigenvalue weighted by Crippen LogP contribution is 2.28. The summed E-state index contributed by atoms with van der Waals surface area (Å²) in [7, 11) is 0. The number of benzene rings is 1. The van der Waals surface area contributed by atoms with Crippen LogP contribution in [-0.2, 0) is 0 Å². The number of rotatable bonds is 7. The average molecular weight is 237 g/mol. The first kappa shape index (κ1) is 14.2. The van der Waals surface area contributed by atoms with Gasteiger partial charge in [0.1, 0.15) is 5.82 Å². The molecular formula is C15H24FN. The van der Waals surface area contributed by atoms with E-state index >= 15 is 0 Å². The Bertz CT molecular complexity index is 324. The first-order chi connectivity index (χ1) is 8.20. The molecule has 2 atom stereocenters. The van der Waals surface area contributed by atoms with Gasteiger partial charge in [-0.05, 0) is 30.5 Å². The molecule has 1 nitrogen and oxygen atoms in total. The van der Waals surface area contributed by atoms with Crippen LogP contribution in [0.25, 0.3) is 0 Å². The van der Waals surface area contributed by atoms with Crippen LogP contribution in [0.1, 0.15) is 45.1 Å². The van der Waals surface area contributed by atoms with Crippen LogP contribution in [-0.4, -0.2) is 13.1 Å². The minimum absolute atomic E-state index is 0.0731. The van der Waals surface area contributed by atoms with E-state index in [9.17, 15) is 4.39 Å². The zero-order valence-corrected chi connectivity index (χ0v) is 11.2. The largest absolute Gasteiger partial charge is 0.316 e. The highest BCUT2D eigenvalue weighted by atomic mass is 19.1. The average Bonchev–Trinajstić information content (AvgIpc) is 2.35. The summed E-state index contributed by atoms with van der Waals surface area (Å²) in [5, 5.41) is 3.41. The molecule has 96 valence electrons. The maximum Gasteiger partial charge on any atom is 0.126 e. The Hall–Kier alpha value is -0.890. The minimum atomic E-state index is -0.0731. The molecule has 2 heteroatoms. The third-order valence-corrected chi connectivity index (χ3v) is 3.43. The molecule has 1 aromatic rings. The summed E-state index contributed by atoms with van der Waals surface area (Å²) in [6, 6.07) is 7.16. The molecule has 0 saturated carbocycles. The van der Waals surface area contributed by atoms with Crippen molar-refractivity contribution in [2.24, 2.45) is 5.92 Å². The van der Waals surface area contributed by atoms with Crippen LogP contribution >= 0.6 is 0 Å². The van der Waals surface area contributed by atoms with Gasteiger partial charge >= 0.3 is 0 Å². The Morgan fingerprint density at radius 1 is 1.24 bits per heavy atom. The third-order valence-electron chi connectivity index (χ3n) is 3.43. The Morgan fingerprint density at radius 2 is 1.94 bits per heavy atom. The molecule has 0 heterocycles. The molecule has 0 radical (unpaired) electrons. The quantitative estimate of drug-likeness (QED) is 0.708. The van der Waals surface area contributed by atoms with Gasteiger partial charge in [0.2, 0.25) is 0 Å². The van der Waals surface area contributed by atoms with Crippen LogP contribution in [0.2, 0.25) is 0 Å². The molecule has 0 bridgehead atoms. The van der Waals surface area contributed by atoms with Crippen LogP contribution in [0.15, 0.2) is 24.3 Å². The van der Waals surface area contributed by atoms with Crippen molar-refractivity contribution in [1.29, 1.82) is 0 Å². The molecule has 0 saturated heterocycles. The van der Waals surface area contributed by atoms with Gasteiger partial charge in [-0.2, -0.15) is 0 Å². The van der Waals surface area contributed by atoms with Crippen molar-refractivity contribution in [1.82, 2.24) is 5.32 Å². The highest BCUT2D eigenvalue weighted by Gasteiger charge is 2.20. The number of nitrogens with one attached hydrogen (secondary N) is 1. The Balaban J connectivity index is 2.79. The fraction of sp³-hybridized carbons (Fsp3) is 0.600. The molecule has 0 aliphatic rings. The first-order valence-corrected chi connectivity index (χ1v) is 6.65. The third kappa shape index (κ3) is 4.12. The normalized spacial score (nSPS) is 14.6. The number of hydrogen-bond acceptors (Lipinski definition) is 1. The van der Waals surface area contributed by atoms with Gasteiger partial charge in [-0.25, -0.2) is 4.39 Å². The van der Waals surface area contributed by atoms with E-state index in [4.69, 9.17) is 0 Å². The summed E-state index contributed by atoms with van der Waals surface area (Å²) >= 11 is 0. The van der Waals surface area contributed by atoms with E-state index in [1.807, 2.05) is 12.1 Å². The molecule has 1 aromatic carbocycles. The van der Waals surface area contributed by atoms with E-state index in [1.54, 1.807) is 12.1 Å². The lowest BCUT2D eigenvalue weighted by atomic mass is 9.85. The van der Waals surface area contributed by atoms with Gasteiger partial charge in [0.25, 0.3) is 0 Å². The fourth-order valence-electron chi connectivity index (χ4n) is 2.11. The number of halogens is 1. The molecule has 0 amide bonds. The summed E-state index contributed by atoms with van der Waals surface area (Å²) in [5.41, 5.74) is 0.852. The maximum atomic E-state index is 13.8. The summed E-state index contributed by atoms with van der Waals surface area (Å²) < 4.78 is 13.8. The van der Waals surface area contributed by atoms with Crippen molar-refractivity contribution >= 4 is 0 Å². The minimum Gasteiger partial charge on any atom is -0.316 e. The molecule has 0 aliphatic heterocycles. The second kappa shape index (κ2) is 7.44. The summed E-state index contributed by atoms with van der Waals surface area (Å²) in [4.78, 5) is 0. The predicted molar refractivity (Wildman–Crippen MR) is 71.8 cm³/mol. The van der Waals surface area contributed by atoms with E-state index in [-0.39, 0.29) is 11.7 Å². The zero-order valence-electron chi connectivity index (χ0n) is 11.2. The molecule has 0 spiro atoms. The summed E-state index contributed by atoms with van der Waals surface area (Å²) in [6.45, 7) is 8.38. The molecular weight excluding hydrogens is 213 g/mol. The van der Waals surface area contributed by atoms with Crippen LogP contribution in [0.5, 0.6) is 0 Å². The lowest BCUT2D eigenvalue weighted by Crippen LogP contribution is -2.26. The van der Waals surface area contributed by atoms with Crippen LogP contribution in [0, 0.1) is 11.7 Å². The van der Waals surface area contributed by atoms with Gasteiger partial charge in [-0.1, -0.05) is 45.4 Å². The fourth-order valence-corrected chi connectivity index (χ4v) is 2.11. The second-order valence-electron chi connectivity index (χ2n) is 4.72. The van der Waals surface area contributed by atoms with E-state index in [0.717, 1.165) is 31.5 Å². The Kier molecular flexibility index (Phi) is 6.20. The van der Waals surface area contributed by atoms with Crippen LogP contribution in [0.4, 0.5) is 4.39 Å². The lowest BCUT2D eigenvalue weighted by molar-refractivity contribution is 0.408. The number of hydrogen-bond donors (Lipinski definition) is 1. The van der Waals surface area contributed by atoms with Crippen molar-refractivity contribution in [3.05, 3.63) is 35.6 Å². The molecule has 0 aliphatic carbocycles. The summed E-state index contributed by atoms with van der Waals surface area (Å²) in [6.07, 6.45) is 2.19. The van der Waals surface area contributed by atoms with Gasteiger partial charge in [0.05, 0.1) is 0 Å². The molecule has 2 unspecified atom stereocenters. The van der Waals surface area contributed by atoms with Crippen molar-refractivity contribution in [3.8, 4) is 0 Å². The molecule has 1 rings (SSSR count). The molecule has 0 fully saturated rings. The topological polar surface area (TPSA) is 12.0 Å². The van der Waals surface area contributed by atoms with Gasteiger partial charge < -0.3 is 5.32 Å². The Labute approximate surface area is 104 Å². The smallest absolute Gasteiger partial charge is 0.126 e. The van der Waals surface area contributed by atoms with E-state index in [2.05, 4.69) is 26.1 Å². The SMILES string of the molecule is CCCNCC(c1ccccc1F)C(C)CC. The monoisotopic (exact) mass is 237 g/mol. The van der Waals surface area contributed by atoms with Crippen molar-refractivity contribution < 1.29 is 4.39 Å². The van der Waals surface area contributed by atoms with E-state index in [1.165, 1.54) is 0 Å². The zero-order chi connectivity index (χ0) is 12.7. The van der Waals surface area contributed by atoms with Crippen LogP contribution in [0.3, 0.4) is 0 Å². The molecule has 1 N–H and O–H groups in total. The maximum absolute atomic E-state index is 13.8. The van der Waals surface area contributed by atoms with Gasteiger partial charge in [0, 0.05) is 12.5 Å². The Morgan fingerprint density at radius 3 is 2.53 bits per heavy atom. The van der Waals surface area contributed by atoms with Crippen molar-refractivity contribution in [2.45, 2.75) is 39.5 Å². The van der Waals surface area contributed by atoms with Gasteiger partial charge in [0.15, 0.2) is 0 Å². The predicted octanol–water partition coefficient (Wildman–Crippen LogP) is 3.96. The van der Waals surface area contributed by atoms with Crippen molar-refractivity contribution in [2.75, 3.05) is 13.1 Å². The van der Waals surface area contributed by atoms with E-state index < -0.39 is 0 Å². The standard InChI is InChI=1S/C15H24FN/c1-4-10-17-11-14(12(3)5-2)13-8-6-7-9-15(13)16/h6-9,12,14,17H,4-5,10-11H2,1-3H3. The van der Waals surface area contributed by atoms with Crippen LogP contribution < -0.4 is 5.32 Å². The molecule has 0 aromatic heterocycles. The highest BCUT2D eigenvalue weighted by molar-refractivity contribution is 5.22. The van der Waals surface area contributed by atoms with Gasteiger partial charge in [-0.3, -0.25) is 0 Å². The van der Waals surface area contributed by atoms with Crippen molar-refractivity contribution in [3.63, 3.8) is 0 Å². The second-order valence-corrected chi connectivity index (χ2v) is 4.72. The van der Waals surface area contributed by atoms with E-state index in [0.29, 0.717) is 5.92 Å². The lowest BCUT2D eigenvalue weighted by Gasteiger charge is -2.24. The summed E-state index contributed by atoms with van der Waals surface area (Å²) in [5.74, 6) is 0.695. The first-order valence-electron chi connectivity index (χ1n) is 6.65. The molecule has 17 heavy (non-hydrogen) atoms.